The van der Waals surface area contributed by atoms with Gasteiger partial charge in [-0.2, -0.15) is 0 Å². The molecule has 0 bridgehead atoms. The predicted molar refractivity (Wildman–Crippen MR) is 254 cm³/mol. The minimum Gasteiger partial charge on any atom is -0.480 e. The van der Waals surface area contributed by atoms with Gasteiger partial charge in [0.1, 0.15) is 12.1 Å². The standard InChI is InChI=1S/C52H90N2O7/c1-3-5-7-9-11-13-15-17-19-20-21-22-23-25-27-29-31-36-40-44-51(58)61-47(41-37-33-30-28-26-24-18-16-14-12-10-8-6-4-2)42-38-34-32-35-39-43-49(56)53-45-50(57)54-48(46-55)52(59)60/h5,7,11,13,17,19,21-22,25,27,47-48,55H,3-4,6,8-10,12,14-16,18,20,23-24,26,28-46H2,1-2H3,(H,53,56)(H,54,57)(H,59,60)/b7-5-,13-11-,19-17-,22-21-,27-25-. The molecule has 0 aromatic heterocycles. The van der Waals surface area contributed by atoms with Gasteiger partial charge < -0.3 is 25.6 Å². The molecule has 9 heteroatoms. The van der Waals surface area contributed by atoms with Crippen molar-refractivity contribution in [1.29, 1.82) is 0 Å². The third-order valence-corrected chi connectivity index (χ3v) is 10.8. The molecule has 0 aliphatic carbocycles. The van der Waals surface area contributed by atoms with E-state index in [4.69, 9.17) is 14.9 Å². The van der Waals surface area contributed by atoms with E-state index in [2.05, 4.69) is 85.2 Å². The van der Waals surface area contributed by atoms with Gasteiger partial charge in [0.05, 0.1) is 13.2 Å². The zero-order chi connectivity index (χ0) is 44.7. The molecule has 2 amide bonds. The van der Waals surface area contributed by atoms with Crippen LogP contribution in [-0.2, 0) is 23.9 Å². The van der Waals surface area contributed by atoms with E-state index in [1.54, 1.807) is 0 Å². The summed E-state index contributed by atoms with van der Waals surface area (Å²) >= 11 is 0. The molecule has 0 radical (unpaired) electrons. The summed E-state index contributed by atoms with van der Waals surface area (Å²) in [6.45, 7) is 3.38. The molecule has 350 valence electrons. The van der Waals surface area contributed by atoms with Crippen molar-refractivity contribution in [2.24, 2.45) is 0 Å². The fraction of sp³-hybridized carbons (Fsp3) is 0.731. The molecule has 2 atom stereocenters. The molecule has 4 N–H and O–H groups in total. The number of carbonyl (C=O) groups is 4. The number of esters is 1. The molecule has 0 saturated heterocycles. The quantitative estimate of drug-likeness (QED) is 0.0271. The number of carbonyl (C=O) groups excluding carboxylic acids is 3. The molecular formula is C52H90N2O7. The van der Waals surface area contributed by atoms with Gasteiger partial charge in [0.25, 0.3) is 0 Å². The number of hydrogen-bond donors (Lipinski definition) is 4. The first-order valence-electron chi connectivity index (χ1n) is 24.7. The summed E-state index contributed by atoms with van der Waals surface area (Å²) in [5.41, 5.74) is 0. The predicted octanol–water partition coefficient (Wildman–Crippen LogP) is 12.9. The second-order valence-corrected chi connectivity index (χ2v) is 16.5. The number of carboxylic acids is 1. The Bertz CT molecular complexity index is 1210. The molecule has 0 aliphatic heterocycles. The van der Waals surface area contributed by atoms with Crippen LogP contribution in [-0.4, -0.2) is 59.3 Å². The van der Waals surface area contributed by atoms with E-state index in [0.29, 0.717) is 12.8 Å². The van der Waals surface area contributed by atoms with Crippen LogP contribution in [0.2, 0.25) is 0 Å². The highest BCUT2D eigenvalue weighted by molar-refractivity contribution is 5.87. The molecular weight excluding hydrogens is 765 g/mol. The maximum atomic E-state index is 12.9. The lowest BCUT2D eigenvalue weighted by Crippen LogP contribution is -2.47. The highest BCUT2D eigenvalue weighted by Gasteiger charge is 2.19. The second kappa shape index (κ2) is 46.1. The van der Waals surface area contributed by atoms with E-state index < -0.39 is 24.5 Å². The highest BCUT2D eigenvalue weighted by Crippen LogP contribution is 2.19. The maximum absolute atomic E-state index is 12.9. The minimum absolute atomic E-state index is 0.0328. The van der Waals surface area contributed by atoms with E-state index in [1.807, 2.05) is 0 Å². The summed E-state index contributed by atoms with van der Waals surface area (Å²) in [4.78, 5) is 47.8. The number of nitrogens with one attached hydrogen (secondary N) is 2. The molecule has 0 spiro atoms. The van der Waals surface area contributed by atoms with Crippen molar-refractivity contribution in [3.8, 4) is 0 Å². The number of amides is 2. The first-order chi connectivity index (χ1) is 29.8. The number of hydrogen-bond acceptors (Lipinski definition) is 6. The Kier molecular flexibility index (Phi) is 43.4. The number of unbranched alkanes of at least 4 members (excludes halogenated alkanes) is 20. The number of aliphatic carboxylic acids is 1. The lowest BCUT2D eigenvalue weighted by molar-refractivity contribution is -0.150. The average Bonchev–Trinajstić information content (AvgIpc) is 3.25. The first-order valence-corrected chi connectivity index (χ1v) is 24.7. The van der Waals surface area contributed by atoms with Gasteiger partial charge in [0.15, 0.2) is 0 Å². The minimum atomic E-state index is -1.39. The molecule has 0 rings (SSSR count). The van der Waals surface area contributed by atoms with Crippen molar-refractivity contribution < 1.29 is 34.1 Å². The second-order valence-electron chi connectivity index (χ2n) is 16.5. The Labute approximate surface area is 372 Å². The van der Waals surface area contributed by atoms with E-state index in [0.717, 1.165) is 103 Å². The van der Waals surface area contributed by atoms with Crippen LogP contribution in [0.3, 0.4) is 0 Å². The zero-order valence-electron chi connectivity index (χ0n) is 38.9. The Morgan fingerprint density at radius 1 is 0.508 bits per heavy atom. The van der Waals surface area contributed by atoms with E-state index >= 15 is 0 Å². The molecule has 2 unspecified atom stereocenters. The third kappa shape index (κ3) is 43.0. The van der Waals surface area contributed by atoms with Gasteiger partial charge in [-0.25, -0.2) is 4.79 Å². The van der Waals surface area contributed by atoms with Gasteiger partial charge >= 0.3 is 11.9 Å². The fourth-order valence-electron chi connectivity index (χ4n) is 7.04. The monoisotopic (exact) mass is 855 g/mol. The number of ether oxygens (including phenoxy) is 1. The Morgan fingerprint density at radius 2 is 0.934 bits per heavy atom. The highest BCUT2D eigenvalue weighted by atomic mass is 16.5. The van der Waals surface area contributed by atoms with Crippen molar-refractivity contribution >= 4 is 23.8 Å². The SMILES string of the molecule is CC/C=C\C/C=C\C/C=C\C/C=C\C/C=C\CCCCCC(=O)OC(CCCCCCCCCCCCCCCC)CCCCCCCC(=O)NCC(=O)NC(CO)C(=O)O. The number of allylic oxidation sites excluding steroid dienone is 10. The normalized spacial score (nSPS) is 13.0. The number of carboxylic acid groups (broad SMARTS) is 1. The number of rotatable bonds is 44. The van der Waals surface area contributed by atoms with Crippen LogP contribution in [0.1, 0.15) is 219 Å². The van der Waals surface area contributed by atoms with Gasteiger partial charge in [-0.3, -0.25) is 14.4 Å². The van der Waals surface area contributed by atoms with E-state index in [-0.39, 0.29) is 30.9 Å². The average molecular weight is 855 g/mol. The number of aliphatic hydroxyl groups excluding tert-OH is 1. The van der Waals surface area contributed by atoms with Crippen LogP contribution in [0.4, 0.5) is 0 Å². The molecule has 0 aromatic carbocycles. The summed E-state index contributed by atoms with van der Waals surface area (Å²) in [5.74, 6) is -2.32. The van der Waals surface area contributed by atoms with Gasteiger partial charge in [0, 0.05) is 12.8 Å². The first kappa shape index (κ1) is 57.5. The molecule has 0 aromatic rings. The Balaban J connectivity index is 4.38. The van der Waals surface area contributed by atoms with E-state index in [1.165, 1.54) is 83.5 Å². The smallest absolute Gasteiger partial charge is 0.328 e. The summed E-state index contributed by atoms with van der Waals surface area (Å²) in [7, 11) is 0. The molecule has 9 nitrogen and oxygen atoms in total. The van der Waals surface area contributed by atoms with Crippen LogP contribution in [0.15, 0.2) is 60.8 Å². The van der Waals surface area contributed by atoms with Crippen LogP contribution >= 0.6 is 0 Å². The summed E-state index contributed by atoms with van der Waals surface area (Å²) in [5, 5.41) is 22.6. The van der Waals surface area contributed by atoms with Crippen molar-refractivity contribution in [3.63, 3.8) is 0 Å². The summed E-state index contributed by atoms with van der Waals surface area (Å²) in [6.07, 6.45) is 56.8. The van der Waals surface area contributed by atoms with Gasteiger partial charge in [0.2, 0.25) is 11.8 Å². The van der Waals surface area contributed by atoms with E-state index in [9.17, 15) is 19.2 Å². The molecule has 0 fully saturated rings. The van der Waals surface area contributed by atoms with Crippen molar-refractivity contribution in [3.05, 3.63) is 60.8 Å². The Hall–Kier alpha value is -3.46. The van der Waals surface area contributed by atoms with Crippen molar-refractivity contribution in [2.45, 2.75) is 231 Å². The largest absolute Gasteiger partial charge is 0.480 e. The van der Waals surface area contributed by atoms with Crippen molar-refractivity contribution in [1.82, 2.24) is 10.6 Å². The lowest BCUT2D eigenvalue weighted by Gasteiger charge is -2.18. The summed E-state index contributed by atoms with van der Waals surface area (Å²) in [6, 6.07) is -1.39. The number of aliphatic hydroxyl groups is 1. The van der Waals surface area contributed by atoms with Crippen LogP contribution < -0.4 is 10.6 Å². The zero-order valence-corrected chi connectivity index (χ0v) is 38.9. The topological polar surface area (TPSA) is 142 Å². The summed E-state index contributed by atoms with van der Waals surface area (Å²) < 4.78 is 6.05. The van der Waals surface area contributed by atoms with Crippen LogP contribution in [0.5, 0.6) is 0 Å². The maximum Gasteiger partial charge on any atom is 0.328 e. The Morgan fingerprint density at radius 3 is 1.41 bits per heavy atom. The fourth-order valence-corrected chi connectivity index (χ4v) is 7.04. The van der Waals surface area contributed by atoms with Gasteiger partial charge in [-0.05, 0) is 83.5 Å². The molecule has 0 saturated carbocycles. The van der Waals surface area contributed by atoms with Crippen LogP contribution in [0.25, 0.3) is 0 Å². The lowest BCUT2D eigenvalue weighted by atomic mass is 10.0. The van der Waals surface area contributed by atoms with Gasteiger partial charge in [-0.15, -0.1) is 0 Å². The molecule has 0 heterocycles. The van der Waals surface area contributed by atoms with Gasteiger partial charge in [-0.1, -0.05) is 184 Å². The third-order valence-electron chi connectivity index (χ3n) is 10.8. The molecule has 0 aliphatic rings. The molecule has 61 heavy (non-hydrogen) atoms. The van der Waals surface area contributed by atoms with Crippen LogP contribution in [0, 0.1) is 0 Å². The van der Waals surface area contributed by atoms with Crippen molar-refractivity contribution in [2.75, 3.05) is 13.2 Å².